The topological polar surface area (TPSA) is 95.2 Å². The van der Waals surface area contributed by atoms with E-state index < -0.39 is 15.3 Å². The van der Waals surface area contributed by atoms with E-state index in [-0.39, 0.29) is 12.5 Å². The molecule has 2 fully saturated rings. The summed E-state index contributed by atoms with van der Waals surface area (Å²) in [4.78, 5) is 13.9. The van der Waals surface area contributed by atoms with Crippen LogP contribution in [0.3, 0.4) is 0 Å². The Morgan fingerprint density at radius 3 is 2.85 bits per heavy atom. The van der Waals surface area contributed by atoms with Gasteiger partial charge in [0, 0.05) is 24.7 Å². The van der Waals surface area contributed by atoms with Gasteiger partial charge in [-0.25, -0.2) is 13.1 Å². The van der Waals surface area contributed by atoms with Crippen molar-refractivity contribution in [2.45, 2.75) is 30.4 Å². The molecule has 2 heterocycles. The molecule has 110 valence electrons. The van der Waals surface area contributed by atoms with Gasteiger partial charge in [0.2, 0.25) is 10.0 Å². The smallest absolute Gasteiger partial charge is 0.274 e. The predicted molar refractivity (Wildman–Crippen MR) is 72.9 cm³/mol. The summed E-state index contributed by atoms with van der Waals surface area (Å²) in [7, 11) is -1.92. The Morgan fingerprint density at radius 2 is 2.20 bits per heavy atom. The molecular weight excluding hydrogens is 280 g/mol. The Morgan fingerprint density at radius 1 is 1.45 bits per heavy atom. The summed E-state index contributed by atoms with van der Waals surface area (Å²) in [6, 6.07) is 1.79. The predicted octanol–water partition coefficient (Wildman–Crippen LogP) is 0.0508. The fraction of sp³-hybridized carbons (Fsp3) is 0.667. The zero-order valence-electron chi connectivity index (χ0n) is 11.3. The average Bonchev–Trinajstić information content (AvgIpc) is 2.97. The monoisotopic (exact) mass is 298 g/mol. The number of nitrogens with one attached hydrogen (secondary N) is 2. The van der Waals surface area contributed by atoms with Crippen LogP contribution in [0.1, 0.15) is 41.4 Å². The maximum atomic E-state index is 12.3. The molecule has 2 N–H and O–H groups in total. The molecule has 3 rings (SSSR count). The van der Waals surface area contributed by atoms with Crippen LogP contribution >= 0.6 is 0 Å². The number of hydrogen-bond acceptors (Lipinski definition) is 4. The van der Waals surface area contributed by atoms with Crippen molar-refractivity contribution >= 4 is 15.9 Å². The van der Waals surface area contributed by atoms with Crippen molar-refractivity contribution in [1.82, 2.24) is 19.8 Å². The minimum absolute atomic E-state index is 0.193. The number of hydrogen-bond donors (Lipinski definition) is 2. The van der Waals surface area contributed by atoms with Gasteiger partial charge in [-0.1, -0.05) is 0 Å². The highest BCUT2D eigenvalue weighted by atomic mass is 32.2. The molecule has 1 saturated heterocycles. The highest BCUT2D eigenvalue weighted by molar-refractivity contribution is 7.90. The van der Waals surface area contributed by atoms with E-state index in [0.29, 0.717) is 24.6 Å². The van der Waals surface area contributed by atoms with Gasteiger partial charge in [0.1, 0.15) is 5.69 Å². The number of sulfonamides is 1. The lowest BCUT2D eigenvalue weighted by molar-refractivity contribution is 0.0787. The van der Waals surface area contributed by atoms with Crippen LogP contribution in [0.5, 0.6) is 0 Å². The summed E-state index contributed by atoms with van der Waals surface area (Å²) in [6.07, 6.45) is 2.75. The van der Waals surface area contributed by atoms with Crippen molar-refractivity contribution in [2.24, 2.45) is 0 Å². The second-order valence-electron chi connectivity index (χ2n) is 5.39. The second kappa shape index (κ2) is 4.85. The molecule has 2 aliphatic rings. The summed E-state index contributed by atoms with van der Waals surface area (Å²) in [5.74, 6) is 0.321. The third-order valence-electron chi connectivity index (χ3n) is 3.99. The number of H-pyrrole nitrogens is 1. The maximum absolute atomic E-state index is 12.3. The van der Waals surface area contributed by atoms with Gasteiger partial charge in [-0.15, -0.1) is 0 Å². The molecule has 1 unspecified atom stereocenters. The van der Waals surface area contributed by atoms with Gasteiger partial charge >= 0.3 is 0 Å². The first-order valence-electron chi connectivity index (χ1n) is 6.78. The van der Waals surface area contributed by atoms with Crippen LogP contribution in [-0.2, 0) is 10.0 Å². The van der Waals surface area contributed by atoms with Crippen LogP contribution in [0.15, 0.2) is 6.07 Å². The van der Waals surface area contributed by atoms with Gasteiger partial charge in [0.05, 0.1) is 5.25 Å². The Labute approximate surface area is 117 Å². The zero-order chi connectivity index (χ0) is 14.3. The first kappa shape index (κ1) is 13.6. The molecular formula is C12H18N4O3S. The SMILES string of the molecule is CNS(=O)(=O)C1CCN(C(=O)c2cc(C3CC3)[nH]n2)C1. The molecule has 0 spiro atoms. The first-order chi connectivity index (χ1) is 9.51. The second-order valence-corrected chi connectivity index (χ2v) is 7.56. The third kappa shape index (κ3) is 2.45. The van der Waals surface area contributed by atoms with Crippen LogP contribution in [-0.4, -0.2) is 54.8 Å². The number of carbonyl (C=O) groups is 1. The fourth-order valence-electron chi connectivity index (χ4n) is 2.54. The Bertz CT molecular complexity index is 620. The lowest BCUT2D eigenvalue weighted by Crippen LogP contribution is -2.36. The minimum atomic E-state index is -3.32. The van der Waals surface area contributed by atoms with Crippen molar-refractivity contribution in [3.05, 3.63) is 17.5 Å². The highest BCUT2D eigenvalue weighted by Gasteiger charge is 2.35. The van der Waals surface area contributed by atoms with Gasteiger partial charge in [-0.3, -0.25) is 9.89 Å². The van der Waals surface area contributed by atoms with E-state index in [2.05, 4.69) is 14.9 Å². The number of aromatic amines is 1. The van der Waals surface area contributed by atoms with Crippen LogP contribution in [0.2, 0.25) is 0 Å². The van der Waals surface area contributed by atoms with E-state index in [1.54, 1.807) is 11.0 Å². The van der Waals surface area contributed by atoms with E-state index >= 15 is 0 Å². The molecule has 0 bridgehead atoms. The number of rotatable bonds is 4. The van der Waals surface area contributed by atoms with Gasteiger partial charge in [0.25, 0.3) is 5.91 Å². The number of likely N-dealkylation sites (tertiary alicyclic amines) is 1. The van der Waals surface area contributed by atoms with Crippen molar-refractivity contribution in [1.29, 1.82) is 0 Å². The number of amides is 1. The summed E-state index contributed by atoms with van der Waals surface area (Å²) in [5.41, 5.74) is 1.39. The number of aromatic nitrogens is 2. The fourth-order valence-corrected chi connectivity index (χ4v) is 3.67. The molecule has 1 amide bonds. The van der Waals surface area contributed by atoms with Crippen molar-refractivity contribution < 1.29 is 13.2 Å². The standard InChI is InChI=1S/C12H18N4O3S/c1-13-20(18,19)9-4-5-16(7-9)12(17)11-6-10(14-15-11)8-2-3-8/h6,8-9,13H,2-5,7H2,1H3,(H,14,15). The molecule has 1 aromatic heterocycles. The van der Waals surface area contributed by atoms with Gasteiger partial charge in [0.15, 0.2) is 0 Å². The molecule has 1 aliphatic heterocycles. The Hall–Kier alpha value is -1.41. The third-order valence-corrected chi connectivity index (χ3v) is 5.82. The highest BCUT2D eigenvalue weighted by Crippen LogP contribution is 2.39. The average molecular weight is 298 g/mol. The first-order valence-corrected chi connectivity index (χ1v) is 8.33. The summed E-state index contributed by atoms with van der Waals surface area (Å²) < 4.78 is 25.8. The van der Waals surface area contributed by atoms with Crippen LogP contribution < -0.4 is 4.72 Å². The maximum Gasteiger partial charge on any atom is 0.274 e. The Balaban J connectivity index is 1.69. The Kier molecular flexibility index (Phi) is 3.29. The molecule has 0 aromatic carbocycles. The molecule has 7 nitrogen and oxygen atoms in total. The van der Waals surface area contributed by atoms with E-state index in [1.807, 2.05) is 0 Å². The lowest BCUT2D eigenvalue weighted by Gasteiger charge is -2.15. The summed E-state index contributed by atoms with van der Waals surface area (Å²) in [6.45, 7) is 0.684. The van der Waals surface area contributed by atoms with E-state index in [0.717, 1.165) is 18.5 Å². The van der Waals surface area contributed by atoms with Gasteiger partial charge < -0.3 is 4.90 Å². The minimum Gasteiger partial charge on any atom is -0.336 e. The summed E-state index contributed by atoms with van der Waals surface area (Å²) >= 11 is 0. The number of carbonyl (C=O) groups excluding carboxylic acids is 1. The largest absolute Gasteiger partial charge is 0.336 e. The van der Waals surface area contributed by atoms with E-state index in [9.17, 15) is 13.2 Å². The van der Waals surface area contributed by atoms with E-state index in [1.165, 1.54) is 7.05 Å². The summed E-state index contributed by atoms with van der Waals surface area (Å²) in [5, 5.41) is 6.42. The molecule has 1 aliphatic carbocycles. The normalized spacial score (nSPS) is 23.2. The van der Waals surface area contributed by atoms with E-state index in [4.69, 9.17) is 0 Å². The van der Waals surface area contributed by atoms with Crippen LogP contribution in [0.25, 0.3) is 0 Å². The quantitative estimate of drug-likeness (QED) is 0.821. The molecule has 1 atom stereocenters. The van der Waals surface area contributed by atoms with Gasteiger partial charge in [-0.05, 0) is 32.4 Å². The van der Waals surface area contributed by atoms with Crippen molar-refractivity contribution in [2.75, 3.05) is 20.1 Å². The van der Waals surface area contributed by atoms with Crippen LogP contribution in [0.4, 0.5) is 0 Å². The number of nitrogens with zero attached hydrogens (tertiary/aromatic N) is 2. The molecule has 0 radical (unpaired) electrons. The molecule has 1 saturated carbocycles. The molecule has 8 heteroatoms. The molecule has 1 aromatic rings. The van der Waals surface area contributed by atoms with Crippen molar-refractivity contribution in [3.8, 4) is 0 Å². The lowest BCUT2D eigenvalue weighted by atomic mass is 10.2. The van der Waals surface area contributed by atoms with Crippen molar-refractivity contribution in [3.63, 3.8) is 0 Å². The zero-order valence-corrected chi connectivity index (χ0v) is 12.1. The van der Waals surface area contributed by atoms with Gasteiger partial charge in [-0.2, -0.15) is 5.10 Å². The van der Waals surface area contributed by atoms with Crippen LogP contribution in [0, 0.1) is 0 Å². The molecule has 20 heavy (non-hydrogen) atoms.